The largest absolute Gasteiger partial charge is 0.494 e. The van der Waals surface area contributed by atoms with Crippen molar-refractivity contribution in [1.82, 2.24) is 5.32 Å². The van der Waals surface area contributed by atoms with Crippen molar-refractivity contribution < 1.29 is 19.4 Å². The third-order valence-electron chi connectivity index (χ3n) is 3.63. The molecule has 9 heteroatoms. The number of unbranched alkanes of at least 4 members (excludes halogenated alkanes) is 1. The number of nitrogens with one attached hydrogen (secondary N) is 2. The van der Waals surface area contributed by atoms with E-state index in [1.54, 1.807) is 24.3 Å². The van der Waals surface area contributed by atoms with Crippen LogP contribution in [0.25, 0.3) is 0 Å². The lowest BCUT2D eigenvalue weighted by molar-refractivity contribution is 0.0697. The number of rotatable bonds is 7. The van der Waals surface area contributed by atoms with Crippen molar-refractivity contribution in [3.8, 4) is 5.75 Å². The third kappa shape index (κ3) is 6.09. The number of carbonyl (C=O) groups is 2. The van der Waals surface area contributed by atoms with Crippen LogP contribution in [0.5, 0.6) is 5.75 Å². The van der Waals surface area contributed by atoms with Crippen molar-refractivity contribution in [2.24, 2.45) is 0 Å². The number of amides is 1. The van der Waals surface area contributed by atoms with E-state index in [0.29, 0.717) is 17.9 Å². The lowest BCUT2D eigenvalue weighted by Gasteiger charge is -2.13. The molecular formula is C19H18Cl2N2O4S. The molecule has 148 valence electrons. The van der Waals surface area contributed by atoms with Gasteiger partial charge in [0.15, 0.2) is 5.11 Å². The number of carboxylic acids is 1. The fraction of sp³-hybridized carbons (Fsp3) is 0.211. The highest BCUT2D eigenvalue weighted by molar-refractivity contribution is 7.80. The lowest BCUT2D eigenvalue weighted by Crippen LogP contribution is -2.34. The zero-order chi connectivity index (χ0) is 20.7. The zero-order valence-electron chi connectivity index (χ0n) is 14.9. The van der Waals surface area contributed by atoms with Crippen LogP contribution in [0.3, 0.4) is 0 Å². The Morgan fingerprint density at radius 2 is 1.93 bits per heavy atom. The predicted octanol–water partition coefficient (Wildman–Crippen LogP) is 5.00. The average Bonchev–Trinajstić information content (AvgIpc) is 2.64. The number of hydrogen-bond donors (Lipinski definition) is 3. The molecule has 0 aliphatic rings. The van der Waals surface area contributed by atoms with Gasteiger partial charge in [-0.3, -0.25) is 10.1 Å². The highest BCUT2D eigenvalue weighted by Gasteiger charge is 2.15. The Morgan fingerprint density at radius 3 is 2.61 bits per heavy atom. The second-order valence-electron chi connectivity index (χ2n) is 5.76. The van der Waals surface area contributed by atoms with Gasteiger partial charge in [0.1, 0.15) is 5.75 Å². The van der Waals surface area contributed by atoms with Gasteiger partial charge in [0, 0.05) is 5.56 Å². The minimum absolute atomic E-state index is 0.00195. The standard InChI is InChI=1S/C19H18Cl2N2O4S/c1-2-3-7-27-12-6-4-5-11(8-12)17(24)23-19(28)22-16-9-13(18(25)26)14(20)10-15(16)21/h4-6,8-10H,2-3,7H2,1H3,(H,25,26)(H2,22,23,24,28). The van der Waals surface area contributed by atoms with Crippen molar-refractivity contribution in [2.45, 2.75) is 19.8 Å². The van der Waals surface area contributed by atoms with Gasteiger partial charge in [-0.2, -0.15) is 0 Å². The van der Waals surface area contributed by atoms with Crippen molar-refractivity contribution >= 4 is 58.1 Å². The number of hydrogen-bond acceptors (Lipinski definition) is 4. The van der Waals surface area contributed by atoms with Crippen molar-refractivity contribution in [1.29, 1.82) is 0 Å². The summed E-state index contributed by atoms with van der Waals surface area (Å²) < 4.78 is 5.59. The van der Waals surface area contributed by atoms with Crippen LogP contribution in [0.4, 0.5) is 5.69 Å². The molecule has 0 saturated carbocycles. The van der Waals surface area contributed by atoms with E-state index >= 15 is 0 Å². The third-order valence-corrected chi connectivity index (χ3v) is 4.45. The van der Waals surface area contributed by atoms with Gasteiger partial charge >= 0.3 is 5.97 Å². The molecule has 0 spiro atoms. The molecule has 0 radical (unpaired) electrons. The molecule has 1 amide bonds. The van der Waals surface area contributed by atoms with Gasteiger partial charge < -0.3 is 15.2 Å². The molecule has 6 nitrogen and oxygen atoms in total. The van der Waals surface area contributed by atoms with E-state index in [1.165, 1.54) is 12.1 Å². The monoisotopic (exact) mass is 440 g/mol. The van der Waals surface area contributed by atoms with E-state index in [1.807, 2.05) is 0 Å². The number of halogens is 2. The molecule has 28 heavy (non-hydrogen) atoms. The van der Waals surface area contributed by atoms with Crippen LogP contribution in [0.1, 0.15) is 40.5 Å². The molecule has 2 rings (SSSR count). The molecule has 0 atom stereocenters. The van der Waals surface area contributed by atoms with E-state index in [2.05, 4.69) is 17.6 Å². The van der Waals surface area contributed by atoms with Gasteiger partial charge in [0.05, 0.1) is 27.9 Å². The minimum atomic E-state index is -1.21. The first-order chi connectivity index (χ1) is 13.3. The van der Waals surface area contributed by atoms with Gasteiger partial charge in [-0.15, -0.1) is 0 Å². The van der Waals surface area contributed by atoms with Crippen LogP contribution in [0.2, 0.25) is 10.0 Å². The number of ether oxygens (including phenoxy) is 1. The van der Waals surface area contributed by atoms with E-state index < -0.39 is 11.9 Å². The topological polar surface area (TPSA) is 87.7 Å². The fourth-order valence-corrected chi connectivity index (χ4v) is 2.91. The van der Waals surface area contributed by atoms with Gasteiger partial charge in [-0.1, -0.05) is 42.6 Å². The average molecular weight is 441 g/mol. The molecule has 0 bridgehead atoms. The summed E-state index contributed by atoms with van der Waals surface area (Å²) in [5.74, 6) is -1.06. The number of carbonyl (C=O) groups excluding carboxylic acids is 1. The van der Waals surface area contributed by atoms with Crippen molar-refractivity contribution in [2.75, 3.05) is 11.9 Å². The number of thiocarbonyl (C=S) groups is 1. The highest BCUT2D eigenvalue weighted by atomic mass is 35.5. The van der Waals surface area contributed by atoms with E-state index in [-0.39, 0.29) is 26.4 Å². The first-order valence-electron chi connectivity index (χ1n) is 8.39. The Hall–Kier alpha value is -2.35. The second kappa shape index (κ2) is 10.3. The normalized spacial score (nSPS) is 10.2. The van der Waals surface area contributed by atoms with Crippen LogP contribution >= 0.6 is 35.4 Å². The predicted molar refractivity (Wildman–Crippen MR) is 114 cm³/mol. The second-order valence-corrected chi connectivity index (χ2v) is 6.98. The zero-order valence-corrected chi connectivity index (χ0v) is 17.2. The first kappa shape index (κ1) is 21.9. The summed E-state index contributed by atoms with van der Waals surface area (Å²) in [7, 11) is 0. The fourth-order valence-electron chi connectivity index (χ4n) is 2.20. The Kier molecular flexibility index (Phi) is 8.04. The first-order valence-corrected chi connectivity index (χ1v) is 9.55. The van der Waals surface area contributed by atoms with Crippen LogP contribution in [0.15, 0.2) is 36.4 Å². The maximum atomic E-state index is 12.4. The van der Waals surface area contributed by atoms with Gasteiger partial charge in [-0.05, 0) is 49.0 Å². The van der Waals surface area contributed by atoms with Gasteiger partial charge in [0.25, 0.3) is 5.91 Å². The maximum Gasteiger partial charge on any atom is 0.337 e. The molecule has 0 unspecified atom stereocenters. The smallest absolute Gasteiger partial charge is 0.337 e. The van der Waals surface area contributed by atoms with Crippen LogP contribution in [-0.2, 0) is 0 Å². The Balaban J connectivity index is 2.05. The van der Waals surface area contributed by atoms with E-state index in [0.717, 1.165) is 12.8 Å². The molecule has 0 saturated heterocycles. The molecule has 0 aliphatic carbocycles. The van der Waals surface area contributed by atoms with E-state index in [9.17, 15) is 9.59 Å². The lowest BCUT2D eigenvalue weighted by atomic mass is 10.2. The Morgan fingerprint density at radius 1 is 1.18 bits per heavy atom. The summed E-state index contributed by atoms with van der Waals surface area (Å²) in [4.78, 5) is 23.6. The molecule has 0 aliphatic heterocycles. The summed E-state index contributed by atoms with van der Waals surface area (Å²) in [5.41, 5.74) is 0.441. The van der Waals surface area contributed by atoms with Crippen molar-refractivity contribution in [3.05, 3.63) is 57.6 Å². The van der Waals surface area contributed by atoms with Crippen LogP contribution in [-0.4, -0.2) is 28.7 Å². The molecule has 0 aromatic heterocycles. The molecule has 0 heterocycles. The summed E-state index contributed by atoms with van der Waals surface area (Å²) in [6.45, 7) is 2.63. The Bertz CT molecular complexity index is 905. The Labute approximate surface area is 177 Å². The molecule has 2 aromatic carbocycles. The van der Waals surface area contributed by atoms with Crippen molar-refractivity contribution in [3.63, 3.8) is 0 Å². The quantitative estimate of drug-likeness (QED) is 0.414. The summed E-state index contributed by atoms with van der Waals surface area (Å²) in [5, 5.41) is 14.5. The highest BCUT2D eigenvalue weighted by Crippen LogP contribution is 2.29. The SMILES string of the molecule is CCCCOc1cccc(C(=O)NC(=S)Nc2cc(C(=O)O)c(Cl)cc2Cl)c1. The molecule has 2 aromatic rings. The number of benzene rings is 2. The summed E-state index contributed by atoms with van der Waals surface area (Å²) >= 11 is 17.0. The van der Waals surface area contributed by atoms with E-state index in [4.69, 9.17) is 45.3 Å². The summed E-state index contributed by atoms with van der Waals surface area (Å²) in [6.07, 6.45) is 1.93. The molecule has 0 fully saturated rings. The maximum absolute atomic E-state index is 12.4. The number of anilines is 1. The summed E-state index contributed by atoms with van der Waals surface area (Å²) in [6, 6.07) is 9.25. The number of aromatic carboxylic acids is 1. The van der Waals surface area contributed by atoms with Gasteiger partial charge in [0.2, 0.25) is 0 Å². The van der Waals surface area contributed by atoms with Gasteiger partial charge in [-0.25, -0.2) is 4.79 Å². The molecule has 3 N–H and O–H groups in total. The minimum Gasteiger partial charge on any atom is -0.494 e. The number of carboxylic acid groups (broad SMARTS) is 1. The van der Waals surface area contributed by atoms with Crippen LogP contribution < -0.4 is 15.4 Å². The molecular weight excluding hydrogens is 423 g/mol. The van der Waals surface area contributed by atoms with Crippen LogP contribution in [0, 0.1) is 0 Å².